The van der Waals surface area contributed by atoms with Gasteiger partial charge in [-0.15, -0.1) is 0 Å². The summed E-state index contributed by atoms with van der Waals surface area (Å²) in [6.45, 7) is 1.71. The van der Waals surface area contributed by atoms with Crippen LogP contribution < -0.4 is 5.32 Å². The molecule has 2 heterocycles. The van der Waals surface area contributed by atoms with Gasteiger partial charge >= 0.3 is 0 Å². The predicted octanol–water partition coefficient (Wildman–Crippen LogP) is 2.78. The lowest BCUT2D eigenvalue weighted by Gasteiger charge is -2.25. The zero-order valence-corrected chi connectivity index (χ0v) is 14.0. The van der Waals surface area contributed by atoms with Crippen molar-refractivity contribution in [2.75, 3.05) is 6.54 Å². The normalized spacial score (nSPS) is 13.6. The molecule has 0 aliphatic heterocycles. The number of aromatic nitrogens is 2. The number of aromatic amines is 1. The summed E-state index contributed by atoms with van der Waals surface area (Å²) in [5.74, 6) is -0.174. The molecule has 3 rings (SSSR count). The number of fused-ring (bicyclic) bond motifs is 1. The zero-order chi connectivity index (χ0) is 17.2. The maximum Gasteiger partial charge on any atom is 0.224 e. The lowest BCUT2D eigenvalue weighted by atomic mass is 9.96. The standard InChI is InChI=1S/C18H18ClN3O2/c1-18(24,14-6-2-3-7-15(14)19)11-22-16(23)9-12-10-21-17-13(12)5-4-8-20-17/h2-8,10,24H,9,11H2,1H3,(H,20,21)(H,22,23)/t18-/m1/s1. The van der Waals surface area contributed by atoms with Gasteiger partial charge in [-0.05, 0) is 30.7 Å². The van der Waals surface area contributed by atoms with Gasteiger partial charge < -0.3 is 15.4 Å². The van der Waals surface area contributed by atoms with E-state index in [1.54, 1.807) is 43.6 Å². The van der Waals surface area contributed by atoms with Gasteiger partial charge in [-0.2, -0.15) is 0 Å². The van der Waals surface area contributed by atoms with Gasteiger partial charge in [0.05, 0.1) is 13.0 Å². The van der Waals surface area contributed by atoms with Gasteiger partial charge in [-0.3, -0.25) is 4.79 Å². The van der Waals surface area contributed by atoms with Crippen LogP contribution in [0.25, 0.3) is 11.0 Å². The van der Waals surface area contributed by atoms with Crippen LogP contribution in [0.3, 0.4) is 0 Å². The molecule has 6 heteroatoms. The summed E-state index contributed by atoms with van der Waals surface area (Å²) in [7, 11) is 0. The number of nitrogens with one attached hydrogen (secondary N) is 2. The molecule has 0 spiro atoms. The minimum Gasteiger partial charge on any atom is -0.384 e. The first kappa shape index (κ1) is 16.5. The minimum absolute atomic E-state index is 0.0795. The molecule has 3 N–H and O–H groups in total. The molecule has 24 heavy (non-hydrogen) atoms. The van der Waals surface area contributed by atoms with E-state index in [-0.39, 0.29) is 18.9 Å². The minimum atomic E-state index is -1.24. The van der Waals surface area contributed by atoms with E-state index in [0.29, 0.717) is 10.6 Å². The Morgan fingerprint density at radius 3 is 2.92 bits per heavy atom. The smallest absolute Gasteiger partial charge is 0.224 e. The van der Waals surface area contributed by atoms with Gasteiger partial charge in [0, 0.05) is 28.4 Å². The number of aliphatic hydroxyl groups is 1. The van der Waals surface area contributed by atoms with Crippen molar-refractivity contribution in [1.82, 2.24) is 15.3 Å². The SMILES string of the molecule is C[C@@](O)(CNC(=O)Cc1c[nH]c2ncccc12)c1ccccc1Cl. The molecular weight excluding hydrogens is 326 g/mol. The molecule has 0 aliphatic carbocycles. The number of carbonyl (C=O) groups is 1. The molecule has 0 unspecified atom stereocenters. The summed E-state index contributed by atoms with van der Waals surface area (Å²) >= 11 is 6.12. The van der Waals surface area contributed by atoms with Crippen LogP contribution >= 0.6 is 11.6 Å². The zero-order valence-electron chi connectivity index (χ0n) is 13.2. The largest absolute Gasteiger partial charge is 0.384 e. The fraction of sp³-hybridized carbons (Fsp3) is 0.222. The van der Waals surface area contributed by atoms with Crippen molar-refractivity contribution in [3.05, 3.63) is 64.9 Å². The van der Waals surface area contributed by atoms with Crippen molar-refractivity contribution in [3.63, 3.8) is 0 Å². The molecule has 1 atom stereocenters. The molecular formula is C18H18ClN3O2. The second-order valence-electron chi connectivity index (χ2n) is 5.92. The molecule has 2 aromatic heterocycles. The number of carbonyl (C=O) groups excluding carboxylic acids is 1. The molecule has 0 saturated carbocycles. The van der Waals surface area contributed by atoms with Gasteiger partial charge in [0.25, 0.3) is 0 Å². The average Bonchev–Trinajstić information content (AvgIpc) is 2.97. The van der Waals surface area contributed by atoms with Crippen LogP contribution in [0.15, 0.2) is 48.8 Å². The van der Waals surface area contributed by atoms with Crippen molar-refractivity contribution >= 4 is 28.5 Å². The summed E-state index contributed by atoms with van der Waals surface area (Å²) in [4.78, 5) is 19.5. The Kier molecular flexibility index (Phi) is 4.55. The highest BCUT2D eigenvalue weighted by Gasteiger charge is 2.26. The number of rotatable bonds is 5. The maximum absolute atomic E-state index is 12.2. The van der Waals surface area contributed by atoms with Gasteiger partial charge in [-0.25, -0.2) is 4.98 Å². The first-order valence-corrected chi connectivity index (χ1v) is 8.00. The van der Waals surface area contributed by atoms with Crippen LogP contribution in [-0.2, 0) is 16.8 Å². The van der Waals surface area contributed by atoms with E-state index in [4.69, 9.17) is 11.6 Å². The molecule has 5 nitrogen and oxygen atoms in total. The quantitative estimate of drug-likeness (QED) is 0.666. The van der Waals surface area contributed by atoms with E-state index in [2.05, 4.69) is 15.3 Å². The Morgan fingerprint density at radius 1 is 1.33 bits per heavy atom. The highest BCUT2D eigenvalue weighted by Crippen LogP contribution is 2.27. The number of pyridine rings is 1. The third-order valence-electron chi connectivity index (χ3n) is 3.97. The van der Waals surface area contributed by atoms with Gasteiger partial charge in [0.1, 0.15) is 11.2 Å². The van der Waals surface area contributed by atoms with Crippen molar-refractivity contribution in [1.29, 1.82) is 0 Å². The van der Waals surface area contributed by atoms with Crippen molar-refractivity contribution < 1.29 is 9.90 Å². The molecule has 124 valence electrons. The number of amides is 1. The topological polar surface area (TPSA) is 78.0 Å². The summed E-state index contributed by atoms with van der Waals surface area (Å²) < 4.78 is 0. The van der Waals surface area contributed by atoms with E-state index in [1.807, 2.05) is 12.1 Å². The fourth-order valence-electron chi connectivity index (χ4n) is 2.66. The molecule has 0 bridgehead atoms. The number of benzene rings is 1. The molecule has 0 radical (unpaired) electrons. The second kappa shape index (κ2) is 6.63. The van der Waals surface area contributed by atoms with E-state index >= 15 is 0 Å². The molecule has 0 aliphatic rings. The van der Waals surface area contributed by atoms with E-state index in [9.17, 15) is 9.90 Å². The van der Waals surface area contributed by atoms with Gasteiger partial charge in [0.15, 0.2) is 0 Å². The van der Waals surface area contributed by atoms with Gasteiger partial charge in [-0.1, -0.05) is 29.8 Å². The van der Waals surface area contributed by atoms with Crippen LogP contribution in [0, 0.1) is 0 Å². The van der Waals surface area contributed by atoms with Crippen molar-refractivity contribution in [2.45, 2.75) is 18.9 Å². The molecule has 0 fully saturated rings. The van der Waals surface area contributed by atoms with Crippen LogP contribution in [-0.4, -0.2) is 27.5 Å². The van der Waals surface area contributed by atoms with Crippen LogP contribution in [0.1, 0.15) is 18.1 Å². The average molecular weight is 344 g/mol. The number of nitrogens with zero attached hydrogens (tertiary/aromatic N) is 1. The summed E-state index contributed by atoms with van der Waals surface area (Å²) in [6.07, 6.45) is 3.69. The summed E-state index contributed by atoms with van der Waals surface area (Å²) in [5, 5.41) is 14.8. The monoisotopic (exact) mass is 343 g/mol. The maximum atomic E-state index is 12.2. The van der Waals surface area contributed by atoms with Crippen molar-refractivity contribution in [2.24, 2.45) is 0 Å². The molecule has 0 saturated heterocycles. The third kappa shape index (κ3) is 3.42. The van der Waals surface area contributed by atoms with Gasteiger partial charge in [0.2, 0.25) is 5.91 Å². The van der Waals surface area contributed by atoms with Crippen molar-refractivity contribution in [3.8, 4) is 0 Å². The van der Waals surface area contributed by atoms with E-state index < -0.39 is 5.60 Å². The van der Waals surface area contributed by atoms with E-state index in [0.717, 1.165) is 16.6 Å². The Balaban J connectivity index is 1.66. The van der Waals surface area contributed by atoms with E-state index in [1.165, 1.54) is 0 Å². The van der Waals surface area contributed by atoms with Crippen LogP contribution in [0.4, 0.5) is 0 Å². The highest BCUT2D eigenvalue weighted by atomic mass is 35.5. The Bertz CT molecular complexity index is 873. The number of hydrogen-bond acceptors (Lipinski definition) is 3. The highest BCUT2D eigenvalue weighted by molar-refractivity contribution is 6.31. The third-order valence-corrected chi connectivity index (χ3v) is 4.30. The molecule has 1 amide bonds. The lowest BCUT2D eigenvalue weighted by molar-refractivity contribution is -0.121. The van der Waals surface area contributed by atoms with Crippen LogP contribution in [0.2, 0.25) is 5.02 Å². The molecule has 1 aromatic carbocycles. The molecule has 3 aromatic rings. The Labute approximate surface area is 144 Å². The number of halogens is 1. The number of H-pyrrole nitrogens is 1. The Hall–Kier alpha value is -2.37. The van der Waals surface area contributed by atoms with Crippen LogP contribution in [0.5, 0.6) is 0 Å². The summed E-state index contributed by atoms with van der Waals surface area (Å²) in [5.41, 5.74) is 0.968. The first-order valence-electron chi connectivity index (χ1n) is 7.62. The fourth-order valence-corrected chi connectivity index (χ4v) is 3.00. The number of hydrogen-bond donors (Lipinski definition) is 3. The Morgan fingerprint density at radius 2 is 2.12 bits per heavy atom. The first-order chi connectivity index (χ1) is 11.5. The predicted molar refractivity (Wildman–Crippen MR) is 93.8 cm³/mol. The summed E-state index contributed by atoms with van der Waals surface area (Å²) in [6, 6.07) is 10.8. The lowest BCUT2D eigenvalue weighted by Crippen LogP contribution is -2.39. The second-order valence-corrected chi connectivity index (χ2v) is 6.33.